The van der Waals surface area contributed by atoms with E-state index in [0.717, 1.165) is 31.9 Å². The molecule has 1 N–H and O–H groups in total. The van der Waals surface area contributed by atoms with Crippen molar-refractivity contribution in [3.63, 3.8) is 0 Å². The van der Waals surface area contributed by atoms with Gasteiger partial charge in [-0.05, 0) is 45.0 Å². The summed E-state index contributed by atoms with van der Waals surface area (Å²) in [4.78, 5) is 17.5. The highest BCUT2D eigenvalue weighted by Crippen LogP contribution is 2.32. The van der Waals surface area contributed by atoms with Crippen molar-refractivity contribution in [1.82, 2.24) is 4.90 Å². The van der Waals surface area contributed by atoms with Crippen LogP contribution in [-0.4, -0.2) is 49.6 Å². The Morgan fingerprint density at radius 2 is 1.86 bits per heavy atom. The highest BCUT2D eigenvalue weighted by atomic mass is 35.5. The molecule has 3 rings (SSSR count). The van der Waals surface area contributed by atoms with Crippen molar-refractivity contribution in [3.8, 4) is 5.75 Å². The van der Waals surface area contributed by atoms with Crippen LogP contribution in [-0.2, 0) is 0 Å². The molecule has 0 aliphatic carbocycles. The molecule has 156 valence electrons. The largest absolute Gasteiger partial charge is 0.492 e. The minimum absolute atomic E-state index is 0.240. The average Bonchev–Trinajstić information content (AvgIpc) is 2.71. The molecule has 1 heterocycles. The van der Waals surface area contributed by atoms with Gasteiger partial charge in [0.2, 0.25) is 0 Å². The first-order chi connectivity index (χ1) is 13.9. The van der Waals surface area contributed by atoms with Crippen molar-refractivity contribution < 1.29 is 9.53 Å². The van der Waals surface area contributed by atoms with Crippen LogP contribution in [0.1, 0.15) is 31.1 Å². The number of benzene rings is 2. The molecule has 1 aliphatic heterocycles. The minimum atomic E-state index is -0.322. The Balaban J connectivity index is 1.78. The molecule has 29 heavy (non-hydrogen) atoms. The number of ether oxygens (including phenoxy) is 1. The number of piperazine rings is 1. The number of nitrogens with one attached hydrogen (secondary N) is 1. The summed E-state index contributed by atoms with van der Waals surface area (Å²) in [5, 5.41) is 3.49. The molecule has 0 radical (unpaired) electrons. The maximum Gasteiger partial charge on any atom is 0.257 e. The number of hydrogen-bond acceptors (Lipinski definition) is 4. The van der Waals surface area contributed by atoms with Crippen molar-refractivity contribution in [1.29, 1.82) is 0 Å². The molecule has 5 nitrogen and oxygen atoms in total. The van der Waals surface area contributed by atoms with Crippen LogP contribution >= 0.6 is 23.2 Å². The molecular formula is C22H27Cl2N3O2. The third-order valence-electron chi connectivity index (χ3n) is 5.12. The lowest BCUT2D eigenvalue weighted by molar-refractivity contribution is 0.102. The van der Waals surface area contributed by atoms with Gasteiger partial charge >= 0.3 is 0 Å². The van der Waals surface area contributed by atoms with E-state index in [4.69, 9.17) is 27.9 Å². The second kappa shape index (κ2) is 9.70. The third-order valence-corrected chi connectivity index (χ3v) is 5.94. The maximum absolute atomic E-state index is 12.7. The summed E-state index contributed by atoms with van der Waals surface area (Å²) in [6.45, 7) is 10.9. The van der Waals surface area contributed by atoms with Gasteiger partial charge in [0.15, 0.2) is 0 Å². The molecule has 0 aromatic heterocycles. The van der Waals surface area contributed by atoms with Crippen molar-refractivity contribution in [2.24, 2.45) is 0 Å². The van der Waals surface area contributed by atoms with Crippen molar-refractivity contribution in [3.05, 3.63) is 52.0 Å². The van der Waals surface area contributed by atoms with Crippen LogP contribution in [0.5, 0.6) is 5.75 Å². The van der Waals surface area contributed by atoms with E-state index in [1.54, 1.807) is 18.2 Å². The summed E-state index contributed by atoms with van der Waals surface area (Å²) in [6.07, 6.45) is 0. The molecule has 1 amide bonds. The summed E-state index contributed by atoms with van der Waals surface area (Å²) < 4.78 is 5.81. The molecule has 0 unspecified atom stereocenters. The first-order valence-electron chi connectivity index (χ1n) is 9.92. The lowest BCUT2D eigenvalue weighted by atomic mass is 10.1. The lowest BCUT2D eigenvalue weighted by Crippen LogP contribution is -2.48. The third kappa shape index (κ3) is 5.16. The van der Waals surface area contributed by atoms with Gasteiger partial charge in [-0.2, -0.15) is 0 Å². The van der Waals surface area contributed by atoms with E-state index in [1.807, 2.05) is 25.1 Å². The van der Waals surface area contributed by atoms with Crippen LogP contribution < -0.4 is 15.0 Å². The van der Waals surface area contributed by atoms with Gasteiger partial charge in [0.1, 0.15) is 5.75 Å². The summed E-state index contributed by atoms with van der Waals surface area (Å²) in [7, 11) is 0. The summed E-state index contributed by atoms with van der Waals surface area (Å²) in [5.74, 6) is 0.319. The van der Waals surface area contributed by atoms with Gasteiger partial charge < -0.3 is 15.0 Å². The molecule has 1 aliphatic rings. The predicted molar refractivity (Wildman–Crippen MR) is 121 cm³/mol. The molecule has 1 saturated heterocycles. The molecule has 0 bridgehead atoms. The Bertz CT molecular complexity index is 865. The fourth-order valence-electron chi connectivity index (χ4n) is 3.45. The number of hydrogen-bond donors (Lipinski definition) is 1. The van der Waals surface area contributed by atoms with E-state index in [9.17, 15) is 4.79 Å². The van der Waals surface area contributed by atoms with Gasteiger partial charge in [-0.15, -0.1) is 0 Å². The SMILES string of the molecule is CCOc1cc(N2CCN(C(C)C)CC2)ccc1NC(=O)c1cccc(Cl)c1Cl. The highest BCUT2D eigenvalue weighted by molar-refractivity contribution is 6.44. The Kier molecular flexibility index (Phi) is 7.28. The quantitative estimate of drug-likeness (QED) is 0.678. The van der Waals surface area contributed by atoms with Crippen LogP contribution in [0, 0.1) is 0 Å². The number of amides is 1. The van der Waals surface area contributed by atoms with Crippen LogP contribution in [0.25, 0.3) is 0 Å². The summed E-state index contributed by atoms with van der Waals surface area (Å²) in [5.41, 5.74) is 2.03. The van der Waals surface area contributed by atoms with Crippen LogP contribution in [0.15, 0.2) is 36.4 Å². The number of nitrogens with zero attached hydrogens (tertiary/aromatic N) is 2. The van der Waals surface area contributed by atoms with E-state index in [1.165, 1.54) is 0 Å². The van der Waals surface area contributed by atoms with E-state index in [2.05, 4.69) is 29.0 Å². The minimum Gasteiger partial charge on any atom is -0.492 e. The Morgan fingerprint density at radius 3 is 2.52 bits per heavy atom. The highest BCUT2D eigenvalue weighted by Gasteiger charge is 2.21. The Hall–Kier alpha value is -1.95. The number of anilines is 2. The van der Waals surface area contributed by atoms with E-state index < -0.39 is 0 Å². The topological polar surface area (TPSA) is 44.8 Å². The van der Waals surface area contributed by atoms with Crippen molar-refractivity contribution >= 4 is 40.5 Å². The van der Waals surface area contributed by atoms with Crippen LogP contribution in [0.2, 0.25) is 10.0 Å². The van der Waals surface area contributed by atoms with Gasteiger partial charge in [0, 0.05) is 44.0 Å². The van der Waals surface area contributed by atoms with E-state index in [-0.39, 0.29) is 10.9 Å². The van der Waals surface area contributed by atoms with E-state index >= 15 is 0 Å². The molecule has 7 heteroatoms. The molecular weight excluding hydrogens is 409 g/mol. The molecule has 0 saturated carbocycles. The van der Waals surface area contributed by atoms with Crippen molar-refractivity contribution in [2.45, 2.75) is 26.8 Å². The van der Waals surface area contributed by atoms with Gasteiger partial charge in [0.05, 0.1) is 27.9 Å². The molecule has 0 atom stereocenters. The summed E-state index contributed by atoms with van der Waals surface area (Å²) >= 11 is 12.2. The smallest absolute Gasteiger partial charge is 0.257 e. The van der Waals surface area contributed by atoms with Gasteiger partial charge in [-0.1, -0.05) is 29.3 Å². The Morgan fingerprint density at radius 1 is 1.14 bits per heavy atom. The van der Waals surface area contributed by atoms with E-state index in [0.29, 0.717) is 34.7 Å². The molecule has 1 fully saturated rings. The van der Waals surface area contributed by atoms with Gasteiger partial charge in [-0.3, -0.25) is 9.69 Å². The molecule has 0 spiro atoms. The number of carbonyl (C=O) groups excluding carboxylic acids is 1. The zero-order valence-corrected chi connectivity index (χ0v) is 18.6. The molecule has 2 aromatic rings. The van der Waals surface area contributed by atoms with Crippen LogP contribution in [0.3, 0.4) is 0 Å². The lowest BCUT2D eigenvalue weighted by Gasteiger charge is -2.38. The van der Waals surface area contributed by atoms with Gasteiger partial charge in [-0.25, -0.2) is 0 Å². The van der Waals surface area contributed by atoms with Crippen molar-refractivity contribution in [2.75, 3.05) is 43.0 Å². The number of rotatable bonds is 6. The monoisotopic (exact) mass is 435 g/mol. The number of halogens is 2. The Labute approximate surface area is 182 Å². The average molecular weight is 436 g/mol. The standard InChI is InChI=1S/C22H27Cl2N3O2/c1-4-29-20-14-16(27-12-10-26(11-13-27)15(2)3)8-9-19(20)25-22(28)17-6-5-7-18(23)21(17)24/h5-9,14-15H,4,10-13H2,1-3H3,(H,25,28). The first-order valence-corrected chi connectivity index (χ1v) is 10.7. The second-order valence-corrected chi connectivity index (χ2v) is 8.07. The number of carbonyl (C=O) groups is 1. The zero-order valence-electron chi connectivity index (χ0n) is 17.0. The maximum atomic E-state index is 12.7. The molecule has 2 aromatic carbocycles. The van der Waals surface area contributed by atoms with Gasteiger partial charge in [0.25, 0.3) is 5.91 Å². The fraction of sp³-hybridized carbons (Fsp3) is 0.409. The summed E-state index contributed by atoms with van der Waals surface area (Å²) in [6, 6.07) is 11.4. The first kappa shape index (κ1) is 21.8. The predicted octanol–water partition coefficient (Wildman–Crippen LogP) is 5.17. The fourth-order valence-corrected chi connectivity index (χ4v) is 3.84. The van der Waals surface area contributed by atoms with Crippen LogP contribution in [0.4, 0.5) is 11.4 Å². The zero-order chi connectivity index (χ0) is 21.0. The normalized spacial score (nSPS) is 14.9. The second-order valence-electron chi connectivity index (χ2n) is 7.29.